The first-order valence-corrected chi connectivity index (χ1v) is 4.61. The zero-order chi connectivity index (χ0) is 11.6. The lowest BCUT2D eigenvalue weighted by Crippen LogP contribution is -2.43. The molecule has 1 saturated heterocycles. The lowest BCUT2D eigenvalue weighted by molar-refractivity contribution is 0.241. The second-order valence-electron chi connectivity index (χ2n) is 3.36. The Morgan fingerprint density at radius 3 is 3.08 bits per heavy atom. The van der Waals surface area contributed by atoms with E-state index in [-0.39, 0.29) is 6.04 Å². The Morgan fingerprint density at radius 1 is 1.46 bits per heavy atom. The zero-order valence-corrected chi connectivity index (χ0v) is 7.53. The highest BCUT2D eigenvalue weighted by atomic mass is 15.2. The van der Waals surface area contributed by atoms with Crippen molar-refractivity contribution in [2.24, 2.45) is 0 Å². The van der Waals surface area contributed by atoms with Crippen LogP contribution >= 0.6 is 0 Å². The number of hydrogen-bond donors (Lipinski definition) is 1. The van der Waals surface area contributed by atoms with Crippen LogP contribution in [-0.2, 0) is 0 Å². The van der Waals surface area contributed by atoms with Crippen LogP contribution in [0.25, 0.3) is 0 Å². The molecule has 1 unspecified atom stereocenters. The van der Waals surface area contributed by atoms with Gasteiger partial charge in [-0.1, -0.05) is 30.3 Å². The molecule has 2 nitrogen and oxygen atoms in total. The van der Waals surface area contributed by atoms with Gasteiger partial charge in [0.2, 0.25) is 0 Å². The van der Waals surface area contributed by atoms with E-state index in [0.717, 1.165) is 12.1 Å². The summed E-state index contributed by atoms with van der Waals surface area (Å²) in [7, 11) is 0. The molecule has 2 rings (SSSR count). The molecule has 1 aliphatic rings. The van der Waals surface area contributed by atoms with Crippen molar-refractivity contribution in [2.75, 3.05) is 26.6 Å². The van der Waals surface area contributed by atoms with Gasteiger partial charge in [0.25, 0.3) is 0 Å². The second kappa shape index (κ2) is 3.90. The third-order valence-electron chi connectivity index (χ3n) is 2.38. The Balaban J connectivity index is 2.08. The van der Waals surface area contributed by atoms with Crippen LogP contribution in [0.3, 0.4) is 0 Å². The predicted molar refractivity (Wildman–Crippen MR) is 54.7 cm³/mol. The third kappa shape index (κ3) is 2.08. The summed E-state index contributed by atoms with van der Waals surface area (Å²) in [6.07, 6.45) is 0. The quantitative estimate of drug-likeness (QED) is 0.698. The number of nitrogens with zero attached hydrogens (tertiary/aromatic N) is 1. The van der Waals surface area contributed by atoms with Crippen LogP contribution in [0.5, 0.6) is 0 Å². The maximum absolute atomic E-state index is 7.41. The molecule has 0 spiro atoms. The molecule has 1 heterocycles. The van der Waals surface area contributed by atoms with E-state index in [0.29, 0.717) is 13.1 Å². The Labute approximate surface area is 83.8 Å². The molecule has 70 valence electrons. The maximum Gasteiger partial charge on any atom is 0.0449 e. The van der Waals surface area contributed by atoms with E-state index < -0.39 is 6.98 Å². The lowest BCUT2D eigenvalue weighted by atomic mass is 10.1. The average molecular weight is 179 g/mol. The molecule has 0 aromatic heterocycles. The molecule has 1 aromatic rings. The highest BCUT2D eigenvalue weighted by Crippen LogP contribution is 2.15. The monoisotopic (exact) mass is 179 g/mol. The fraction of sp³-hybridized carbons (Fsp3) is 0.455. The van der Waals surface area contributed by atoms with Gasteiger partial charge in [0.1, 0.15) is 0 Å². The van der Waals surface area contributed by atoms with Crippen molar-refractivity contribution in [1.82, 2.24) is 10.2 Å². The van der Waals surface area contributed by atoms with E-state index in [1.165, 1.54) is 0 Å². The Morgan fingerprint density at radius 2 is 2.31 bits per heavy atom. The van der Waals surface area contributed by atoms with E-state index in [9.17, 15) is 0 Å². The molecule has 13 heavy (non-hydrogen) atoms. The number of rotatable bonds is 1. The van der Waals surface area contributed by atoms with Gasteiger partial charge < -0.3 is 10.2 Å². The molecular weight excluding hydrogens is 160 g/mol. The first-order chi connectivity index (χ1) is 7.57. The summed E-state index contributed by atoms with van der Waals surface area (Å²) in [6, 6.07) is 10.1. The van der Waals surface area contributed by atoms with E-state index >= 15 is 0 Å². The van der Waals surface area contributed by atoms with Gasteiger partial charge in [0, 0.05) is 29.8 Å². The molecule has 1 aromatic carbocycles. The molecule has 0 aliphatic carbocycles. The standard InChI is InChI=1S/C11H16N2/c1-13-8-7-12-11(9-13)10-5-3-2-4-6-10/h2-6,11-12H,7-9H2,1H3/i1D3. The van der Waals surface area contributed by atoms with Crippen LogP contribution < -0.4 is 5.32 Å². The summed E-state index contributed by atoms with van der Waals surface area (Å²) in [4.78, 5) is 1.56. The molecule has 0 saturated carbocycles. The minimum Gasteiger partial charge on any atom is -0.308 e. The summed E-state index contributed by atoms with van der Waals surface area (Å²) in [5.41, 5.74) is 1.15. The first-order valence-electron chi connectivity index (χ1n) is 6.11. The number of benzene rings is 1. The van der Waals surface area contributed by atoms with Gasteiger partial charge in [-0.25, -0.2) is 0 Å². The minimum absolute atomic E-state index is 0.121. The number of likely N-dealkylation sites (N-methyl/N-ethyl adjacent to an activating group) is 1. The minimum atomic E-state index is -1.98. The van der Waals surface area contributed by atoms with Crippen LogP contribution in [-0.4, -0.2) is 31.5 Å². The first kappa shape index (κ1) is 5.78. The second-order valence-corrected chi connectivity index (χ2v) is 3.36. The molecule has 0 radical (unpaired) electrons. The summed E-state index contributed by atoms with van der Waals surface area (Å²) in [5, 5.41) is 3.35. The molecule has 1 atom stereocenters. The van der Waals surface area contributed by atoms with Crippen LogP contribution in [0, 0.1) is 0 Å². The number of piperazine rings is 1. The fourth-order valence-corrected chi connectivity index (χ4v) is 1.66. The largest absolute Gasteiger partial charge is 0.308 e. The van der Waals surface area contributed by atoms with Gasteiger partial charge in [-0.05, 0) is 12.5 Å². The van der Waals surface area contributed by atoms with Gasteiger partial charge in [0.05, 0.1) is 0 Å². The SMILES string of the molecule is [2H]C([2H])([2H])N1CCNC(c2ccccc2)C1. The molecule has 1 aliphatic heterocycles. The van der Waals surface area contributed by atoms with Crippen LogP contribution in [0.2, 0.25) is 0 Å². The van der Waals surface area contributed by atoms with Crippen molar-refractivity contribution in [1.29, 1.82) is 0 Å². The highest BCUT2D eigenvalue weighted by molar-refractivity contribution is 5.19. The summed E-state index contributed by atoms with van der Waals surface area (Å²) >= 11 is 0. The van der Waals surface area contributed by atoms with Crippen LogP contribution in [0.15, 0.2) is 30.3 Å². The number of hydrogen-bond acceptors (Lipinski definition) is 2. The number of nitrogens with one attached hydrogen (secondary N) is 1. The smallest absolute Gasteiger partial charge is 0.0449 e. The Kier molecular flexibility index (Phi) is 1.73. The predicted octanol–water partition coefficient (Wildman–Crippen LogP) is 1.26. The maximum atomic E-state index is 7.41. The molecule has 2 heteroatoms. The molecule has 0 amide bonds. The van der Waals surface area contributed by atoms with Gasteiger partial charge >= 0.3 is 0 Å². The summed E-state index contributed by atoms with van der Waals surface area (Å²) in [5.74, 6) is 0. The average Bonchev–Trinajstić information content (AvgIpc) is 2.29. The molecule has 0 bridgehead atoms. The summed E-state index contributed by atoms with van der Waals surface area (Å²) in [6.45, 7) is -0.132. The van der Waals surface area contributed by atoms with E-state index in [1.54, 1.807) is 4.90 Å². The van der Waals surface area contributed by atoms with Crippen molar-refractivity contribution < 1.29 is 4.11 Å². The molecule has 1 N–H and O–H groups in total. The fourth-order valence-electron chi connectivity index (χ4n) is 1.66. The van der Waals surface area contributed by atoms with Gasteiger partial charge in [-0.3, -0.25) is 0 Å². The lowest BCUT2D eigenvalue weighted by Gasteiger charge is -2.31. The van der Waals surface area contributed by atoms with E-state index in [1.807, 2.05) is 30.3 Å². The topological polar surface area (TPSA) is 15.3 Å². The van der Waals surface area contributed by atoms with Crippen LogP contribution in [0.4, 0.5) is 0 Å². The molecular formula is C11H16N2. The van der Waals surface area contributed by atoms with Crippen molar-refractivity contribution in [3.63, 3.8) is 0 Å². The van der Waals surface area contributed by atoms with Crippen LogP contribution in [0.1, 0.15) is 15.7 Å². The normalized spacial score (nSPS) is 28.9. The Hall–Kier alpha value is -0.860. The van der Waals surface area contributed by atoms with Crippen molar-refractivity contribution in [3.05, 3.63) is 35.9 Å². The molecule has 1 fully saturated rings. The van der Waals surface area contributed by atoms with Gasteiger partial charge in [-0.15, -0.1) is 0 Å². The zero-order valence-electron chi connectivity index (χ0n) is 10.5. The summed E-state index contributed by atoms with van der Waals surface area (Å²) < 4.78 is 22.2. The van der Waals surface area contributed by atoms with E-state index in [4.69, 9.17) is 4.11 Å². The Bertz CT molecular complexity index is 337. The van der Waals surface area contributed by atoms with Crippen molar-refractivity contribution >= 4 is 0 Å². The highest BCUT2D eigenvalue weighted by Gasteiger charge is 2.16. The van der Waals surface area contributed by atoms with E-state index in [2.05, 4.69) is 5.32 Å². The van der Waals surface area contributed by atoms with Crippen molar-refractivity contribution in [3.8, 4) is 0 Å². The van der Waals surface area contributed by atoms with Crippen molar-refractivity contribution in [2.45, 2.75) is 6.04 Å². The van der Waals surface area contributed by atoms with Gasteiger partial charge in [-0.2, -0.15) is 0 Å². The van der Waals surface area contributed by atoms with Gasteiger partial charge in [0.15, 0.2) is 0 Å². The third-order valence-corrected chi connectivity index (χ3v) is 2.38.